The van der Waals surface area contributed by atoms with E-state index in [1.54, 1.807) is 0 Å². The van der Waals surface area contributed by atoms with Crippen molar-refractivity contribution in [3.05, 3.63) is 0 Å². The summed E-state index contributed by atoms with van der Waals surface area (Å²) in [6.07, 6.45) is 2.24. The zero-order chi connectivity index (χ0) is 8.20. The van der Waals surface area contributed by atoms with Crippen molar-refractivity contribution in [2.75, 3.05) is 0 Å². The predicted molar refractivity (Wildman–Crippen MR) is 45.5 cm³/mol. The molecule has 0 saturated carbocycles. The fourth-order valence-corrected chi connectivity index (χ4v) is 1.06. The molecule has 0 rings (SSSR count). The van der Waals surface area contributed by atoms with E-state index in [0.717, 1.165) is 12.8 Å². The molecule has 0 saturated heterocycles. The third-order valence-electron chi connectivity index (χ3n) is 1.59. The van der Waals surface area contributed by atoms with E-state index in [4.69, 9.17) is 5.84 Å². The molecule has 0 radical (unpaired) electrons. The van der Waals surface area contributed by atoms with Gasteiger partial charge in [0.2, 0.25) is 0 Å². The number of nitrogens with one attached hydrogen (secondary N) is 1. The lowest BCUT2D eigenvalue weighted by Gasteiger charge is -2.24. The minimum atomic E-state index is 0.382. The average Bonchev–Trinajstić information content (AvgIpc) is 1.81. The SMILES string of the molecule is CCC(CC(C)(C)C)NN. The minimum Gasteiger partial charge on any atom is -0.271 e. The van der Waals surface area contributed by atoms with Crippen molar-refractivity contribution in [2.24, 2.45) is 11.3 Å². The minimum absolute atomic E-state index is 0.382. The summed E-state index contributed by atoms with van der Waals surface area (Å²) >= 11 is 0. The van der Waals surface area contributed by atoms with Crippen LogP contribution in [0, 0.1) is 5.41 Å². The van der Waals surface area contributed by atoms with Gasteiger partial charge in [-0.15, -0.1) is 0 Å². The Morgan fingerprint density at radius 3 is 2.00 bits per heavy atom. The largest absolute Gasteiger partial charge is 0.271 e. The van der Waals surface area contributed by atoms with Gasteiger partial charge in [0.05, 0.1) is 0 Å². The quantitative estimate of drug-likeness (QED) is 0.467. The molecule has 0 fully saturated rings. The van der Waals surface area contributed by atoms with Crippen molar-refractivity contribution < 1.29 is 0 Å². The fourth-order valence-electron chi connectivity index (χ4n) is 1.06. The van der Waals surface area contributed by atoms with Crippen LogP contribution in [0.2, 0.25) is 0 Å². The molecule has 0 aromatic rings. The molecule has 0 heterocycles. The zero-order valence-corrected chi connectivity index (χ0v) is 7.57. The van der Waals surface area contributed by atoms with Crippen molar-refractivity contribution >= 4 is 0 Å². The second kappa shape index (κ2) is 3.94. The number of nitrogens with two attached hydrogens (primary N) is 1. The van der Waals surface area contributed by atoms with Crippen LogP contribution in [0.3, 0.4) is 0 Å². The summed E-state index contributed by atoms with van der Waals surface area (Å²) in [7, 11) is 0. The van der Waals surface area contributed by atoms with Gasteiger partial charge < -0.3 is 0 Å². The maximum Gasteiger partial charge on any atom is 0.0212 e. The standard InChI is InChI=1S/C8H20N2/c1-5-7(10-9)6-8(2,3)4/h7,10H,5-6,9H2,1-4H3. The highest BCUT2D eigenvalue weighted by molar-refractivity contribution is 4.70. The molecule has 62 valence electrons. The number of rotatable bonds is 3. The van der Waals surface area contributed by atoms with Crippen LogP contribution in [-0.4, -0.2) is 6.04 Å². The van der Waals surface area contributed by atoms with Crippen LogP contribution in [-0.2, 0) is 0 Å². The van der Waals surface area contributed by atoms with Crippen molar-refractivity contribution in [1.82, 2.24) is 5.43 Å². The highest BCUT2D eigenvalue weighted by Crippen LogP contribution is 2.21. The Kier molecular flexibility index (Phi) is 3.91. The molecular formula is C8H20N2. The van der Waals surface area contributed by atoms with E-state index in [2.05, 4.69) is 33.1 Å². The van der Waals surface area contributed by atoms with Crippen LogP contribution in [0.15, 0.2) is 0 Å². The van der Waals surface area contributed by atoms with Gasteiger partial charge in [-0.05, 0) is 18.3 Å². The monoisotopic (exact) mass is 144 g/mol. The second-order valence-corrected chi connectivity index (χ2v) is 4.04. The molecule has 10 heavy (non-hydrogen) atoms. The van der Waals surface area contributed by atoms with Crippen molar-refractivity contribution in [1.29, 1.82) is 0 Å². The first-order valence-corrected chi connectivity index (χ1v) is 3.95. The topological polar surface area (TPSA) is 38.0 Å². The summed E-state index contributed by atoms with van der Waals surface area (Å²) < 4.78 is 0. The summed E-state index contributed by atoms with van der Waals surface area (Å²) in [4.78, 5) is 0. The normalized spacial score (nSPS) is 15.3. The molecule has 3 N–H and O–H groups in total. The molecule has 0 aromatic heterocycles. The van der Waals surface area contributed by atoms with Crippen molar-refractivity contribution in [3.8, 4) is 0 Å². The Morgan fingerprint density at radius 1 is 1.40 bits per heavy atom. The van der Waals surface area contributed by atoms with Crippen LogP contribution in [0.5, 0.6) is 0 Å². The van der Waals surface area contributed by atoms with Gasteiger partial charge in [-0.25, -0.2) is 0 Å². The molecule has 0 aliphatic rings. The van der Waals surface area contributed by atoms with Crippen LogP contribution >= 0.6 is 0 Å². The van der Waals surface area contributed by atoms with Gasteiger partial charge in [-0.1, -0.05) is 27.7 Å². The van der Waals surface area contributed by atoms with E-state index in [9.17, 15) is 0 Å². The van der Waals surface area contributed by atoms with E-state index in [0.29, 0.717) is 11.5 Å². The Balaban J connectivity index is 3.63. The lowest BCUT2D eigenvalue weighted by Crippen LogP contribution is -2.37. The molecule has 0 bridgehead atoms. The molecule has 2 nitrogen and oxygen atoms in total. The average molecular weight is 144 g/mol. The summed E-state index contributed by atoms with van der Waals surface area (Å²) in [5.41, 5.74) is 3.19. The second-order valence-electron chi connectivity index (χ2n) is 4.04. The van der Waals surface area contributed by atoms with E-state index in [-0.39, 0.29) is 0 Å². The van der Waals surface area contributed by atoms with Gasteiger partial charge in [-0.3, -0.25) is 11.3 Å². The van der Waals surface area contributed by atoms with Gasteiger partial charge in [0.15, 0.2) is 0 Å². The first kappa shape index (κ1) is 9.92. The first-order valence-electron chi connectivity index (χ1n) is 3.95. The van der Waals surface area contributed by atoms with Gasteiger partial charge >= 0.3 is 0 Å². The maximum absolute atomic E-state index is 5.34. The summed E-state index contributed by atoms with van der Waals surface area (Å²) in [6, 6.07) is 0.472. The third kappa shape index (κ3) is 4.77. The summed E-state index contributed by atoms with van der Waals surface area (Å²) in [6.45, 7) is 8.84. The number of hydrogen-bond donors (Lipinski definition) is 2. The van der Waals surface area contributed by atoms with Gasteiger partial charge in [0.25, 0.3) is 0 Å². The van der Waals surface area contributed by atoms with Crippen LogP contribution in [0.4, 0.5) is 0 Å². The molecule has 0 aromatic carbocycles. The maximum atomic E-state index is 5.34. The Labute approximate surface area is 64.2 Å². The molecule has 2 heteroatoms. The molecule has 0 aliphatic carbocycles. The fraction of sp³-hybridized carbons (Fsp3) is 1.00. The van der Waals surface area contributed by atoms with Crippen LogP contribution in [0.1, 0.15) is 40.5 Å². The van der Waals surface area contributed by atoms with Crippen LogP contribution in [0.25, 0.3) is 0 Å². The summed E-state index contributed by atoms with van der Waals surface area (Å²) in [5.74, 6) is 5.34. The highest BCUT2D eigenvalue weighted by atomic mass is 15.2. The molecule has 0 amide bonds. The third-order valence-corrected chi connectivity index (χ3v) is 1.59. The van der Waals surface area contributed by atoms with E-state index < -0.39 is 0 Å². The lowest BCUT2D eigenvalue weighted by atomic mass is 9.87. The number of hydrogen-bond acceptors (Lipinski definition) is 2. The molecule has 0 aliphatic heterocycles. The Hall–Kier alpha value is -0.0800. The van der Waals surface area contributed by atoms with Crippen molar-refractivity contribution in [2.45, 2.75) is 46.6 Å². The Bertz CT molecular complexity index is 79.7. The van der Waals surface area contributed by atoms with E-state index >= 15 is 0 Å². The van der Waals surface area contributed by atoms with Crippen molar-refractivity contribution in [3.63, 3.8) is 0 Å². The highest BCUT2D eigenvalue weighted by Gasteiger charge is 2.15. The molecule has 1 atom stereocenters. The number of hydrazine groups is 1. The van der Waals surface area contributed by atoms with Gasteiger partial charge in [-0.2, -0.15) is 0 Å². The summed E-state index contributed by atoms with van der Waals surface area (Å²) in [5, 5.41) is 0. The Morgan fingerprint density at radius 2 is 1.90 bits per heavy atom. The molecule has 1 unspecified atom stereocenters. The van der Waals surface area contributed by atoms with E-state index in [1.807, 2.05) is 0 Å². The predicted octanol–water partition coefficient (Wildman–Crippen LogP) is 1.66. The molecular weight excluding hydrogens is 124 g/mol. The lowest BCUT2D eigenvalue weighted by molar-refractivity contribution is 0.305. The van der Waals surface area contributed by atoms with Gasteiger partial charge in [0.1, 0.15) is 0 Å². The van der Waals surface area contributed by atoms with E-state index in [1.165, 1.54) is 0 Å². The molecule has 0 spiro atoms. The zero-order valence-electron chi connectivity index (χ0n) is 7.57. The first-order chi connectivity index (χ1) is 4.49. The van der Waals surface area contributed by atoms with Crippen LogP contribution < -0.4 is 11.3 Å². The smallest absolute Gasteiger partial charge is 0.0212 e. The van der Waals surface area contributed by atoms with Gasteiger partial charge in [0, 0.05) is 6.04 Å².